The molecule has 0 N–H and O–H groups in total. The number of Topliss-reactive ketones (excluding diaryl/α,β-unsaturated/α-hetero) is 1. The van der Waals surface area contributed by atoms with Gasteiger partial charge in [0.25, 0.3) is 0 Å². The van der Waals surface area contributed by atoms with E-state index in [4.69, 9.17) is 4.74 Å². The van der Waals surface area contributed by atoms with Gasteiger partial charge in [0.2, 0.25) is 0 Å². The van der Waals surface area contributed by atoms with Crippen LogP contribution in [0.4, 0.5) is 4.39 Å². The van der Waals surface area contributed by atoms with E-state index in [2.05, 4.69) is 11.8 Å². The van der Waals surface area contributed by atoms with Crippen LogP contribution in [-0.4, -0.2) is 37.4 Å². The number of likely N-dealkylation sites (tertiary alicyclic amines) is 1. The third-order valence-corrected chi connectivity index (χ3v) is 4.23. The zero-order valence-corrected chi connectivity index (χ0v) is 12.9. The molecular formula is C17H24FNO2. The van der Waals surface area contributed by atoms with E-state index >= 15 is 0 Å². The quantitative estimate of drug-likeness (QED) is 0.751. The summed E-state index contributed by atoms with van der Waals surface area (Å²) in [6, 6.07) is 4.09. The first-order valence-electron chi connectivity index (χ1n) is 7.73. The zero-order chi connectivity index (χ0) is 15.2. The van der Waals surface area contributed by atoms with Gasteiger partial charge in [-0.2, -0.15) is 0 Å². The molecule has 3 nitrogen and oxygen atoms in total. The summed E-state index contributed by atoms with van der Waals surface area (Å²) < 4.78 is 18.5. The van der Waals surface area contributed by atoms with Crippen molar-refractivity contribution in [2.45, 2.75) is 32.6 Å². The molecule has 1 aliphatic rings. The van der Waals surface area contributed by atoms with Gasteiger partial charge in [0.05, 0.1) is 19.2 Å². The van der Waals surface area contributed by atoms with Crippen LogP contribution in [0, 0.1) is 11.7 Å². The molecule has 1 aromatic rings. The summed E-state index contributed by atoms with van der Waals surface area (Å²) in [5.41, 5.74) is 0.341. The lowest BCUT2D eigenvalue weighted by Crippen LogP contribution is -2.37. The first kappa shape index (κ1) is 16.0. The van der Waals surface area contributed by atoms with Crippen LogP contribution in [0.15, 0.2) is 18.2 Å². The van der Waals surface area contributed by atoms with Crippen LogP contribution in [-0.2, 0) is 0 Å². The third kappa shape index (κ3) is 4.27. The van der Waals surface area contributed by atoms with E-state index in [0.29, 0.717) is 17.9 Å². The second-order valence-electron chi connectivity index (χ2n) is 5.78. The average molecular weight is 293 g/mol. The number of ether oxygens (including phenoxy) is 1. The normalized spacial score (nSPS) is 16.9. The van der Waals surface area contributed by atoms with Crippen molar-refractivity contribution < 1.29 is 13.9 Å². The Morgan fingerprint density at radius 2 is 2.10 bits per heavy atom. The van der Waals surface area contributed by atoms with Gasteiger partial charge in [-0.3, -0.25) is 9.69 Å². The standard InChI is InChI=1S/C17H24FNO2/c1-3-4-13-7-9-19(10-8-13)12-16(20)15-11-14(18)5-6-17(15)21-2/h5-6,11,13H,3-4,7-10,12H2,1-2H3. The summed E-state index contributed by atoms with van der Waals surface area (Å²) in [6.07, 6.45) is 4.81. The first-order valence-corrected chi connectivity index (χ1v) is 7.73. The number of nitrogens with zero attached hydrogens (tertiary/aromatic N) is 1. The number of halogens is 1. The molecule has 0 atom stereocenters. The Bertz CT molecular complexity index is 482. The minimum absolute atomic E-state index is 0.0692. The van der Waals surface area contributed by atoms with Crippen molar-refractivity contribution in [1.29, 1.82) is 0 Å². The van der Waals surface area contributed by atoms with Crippen LogP contribution >= 0.6 is 0 Å². The molecule has 0 bridgehead atoms. The highest BCUT2D eigenvalue weighted by Crippen LogP contribution is 2.23. The number of rotatable bonds is 6. The molecule has 2 rings (SSSR count). The molecule has 1 heterocycles. The van der Waals surface area contributed by atoms with E-state index in [-0.39, 0.29) is 5.78 Å². The Hall–Kier alpha value is -1.42. The molecule has 21 heavy (non-hydrogen) atoms. The lowest BCUT2D eigenvalue weighted by atomic mass is 9.92. The minimum atomic E-state index is -0.402. The van der Waals surface area contributed by atoms with Crippen LogP contribution in [0.25, 0.3) is 0 Å². The largest absolute Gasteiger partial charge is 0.496 e. The van der Waals surface area contributed by atoms with Gasteiger partial charge in [-0.15, -0.1) is 0 Å². The van der Waals surface area contributed by atoms with Crippen LogP contribution in [0.5, 0.6) is 5.75 Å². The molecule has 1 aromatic carbocycles. The van der Waals surface area contributed by atoms with Crippen molar-refractivity contribution >= 4 is 5.78 Å². The molecule has 4 heteroatoms. The SMILES string of the molecule is CCCC1CCN(CC(=O)c2cc(F)ccc2OC)CC1. The van der Waals surface area contributed by atoms with Crippen LogP contribution in [0.2, 0.25) is 0 Å². The molecular weight excluding hydrogens is 269 g/mol. The highest BCUT2D eigenvalue weighted by molar-refractivity contribution is 6.00. The van der Waals surface area contributed by atoms with E-state index < -0.39 is 5.82 Å². The van der Waals surface area contributed by atoms with Crippen molar-refractivity contribution in [1.82, 2.24) is 4.90 Å². The van der Waals surface area contributed by atoms with E-state index in [0.717, 1.165) is 31.8 Å². The lowest BCUT2D eigenvalue weighted by Gasteiger charge is -2.31. The summed E-state index contributed by atoms with van der Waals surface area (Å²) in [5.74, 6) is 0.772. The second-order valence-corrected chi connectivity index (χ2v) is 5.78. The maximum atomic E-state index is 13.3. The minimum Gasteiger partial charge on any atom is -0.496 e. The molecule has 0 amide bonds. The Kier molecular flexibility index (Phi) is 5.74. The number of carbonyl (C=O) groups excluding carboxylic acids is 1. The molecule has 0 aromatic heterocycles. The Morgan fingerprint density at radius 3 is 2.71 bits per heavy atom. The molecule has 1 fully saturated rings. The molecule has 1 aliphatic heterocycles. The summed E-state index contributed by atoms with van der Waals surface area (Å²) in [7, 11) is 1.50. The topological polar surface area (TPSA) is 29.5 Å². The zero-order valence-electron chi connectivity index (χ0n) is 12.9. The van der Waals surface area contributed by atoms with Crippen molar-refractivity contribution in [3.8, 4) is 5.75 Å². The highest BCUT2D eigenvalue weighted by Gasteiger charge is 2.22. The number of carbonyl (C=O) groups is 1. The average Bonchev–Trinajstić information content (AvgIpc) is 2.49. The highest BCUT2D eigenvalue weighted by atomic mass is 19.1. The molecule has 1 saturated heterocycles. The van der Waals surface area contributed by atoms with E-state index in [1.165, 1.54) is 38.2 Å². The first-order chi connectivity index (χ1) is 10.1. The van der Waals surface area contributed by atoms with Crippen LogP contribution in [0.3, 0.4) is 0 Å². The van der Waals surface area contributed by atoms with Crippen molar-refractivity contribution in [3.63, 3.8) is 0 Å². The predicted octanol–water partition coefficient (Wildman–Crippen LogP) is 3.53. The third-order valence-electron chi connectivity index (χ3n) is 4.23. The Balaban J connectivity index is 1.95. The fourth-order valence-electron chi connectivity index (χ4n) is 3.03. The van der Waals surface area contributed by atoms with Gasteiger partial charge in [0.15, 0.2) is 5.78 Å². The number of methoxy groups -OCH3 is 1. The van der Waals surface area contributed by atoms with Crippen molar-refractivity contribution in [3.05, 3.63) is 29.6 Å². The fourth-order valence-corrected chi connectivity index (χ4v) is 3.03. The maximum absolute atomic E-state index is 13.3. The number of benzene rings is 1. The van der Waals surface area contributed by atoms with Gasteiger partial charge in [-0.05, 0) is 50.0 Å². The molecule has 0 aliphatic carbocycles. The fraction of sp³-hybridized carbons (Fsp3) is 0.588. The van der Waals surface area contributed by atoms with E-state index in [1.807, 2.05) is 0 Å². The van der Waals surface area contributed by atoms with E-state index in [1.54, 1.807) is 0 Å². The lowest BCUT2D eigenvalue weighted by molar-refractivity contribution is 0.0889. The summed E-state index contributed by atoms with van der Waals surface area (Å²) in [6.45, 7) is 4.47. The Morgan fingerprint density at radius 1 is 1.38 bits per heavy atom. The molecule has 0 radical (unpaired) electrons. The Labute approximate surface area is 126 Å². The van der Waals surface area contributed by atoms with Gasteiger partial charge in [-0.1, -0.05) is 19.8 Å². The molecule has 116 valence electrons. The van der Waals surface area contributed by atoms with E-state index in [9.17, 15) is 9.18 Å². The van der Waals surface area contributed by atoms with Gasteiger partial charge in [0, 0.05) is 0 Å². The molecule has 0 unspecified atom stereocenters. The van der Waals surface area contributed by atoms with Gasteiger partial charge >= 0.3 is 0 Å². The second kappa shape index (κ2) is 7.55. The predicted molar refractivity (Wildman–Crippen MR) is 81.4 cm³/mol. The molecule has 0 spiro atoms. The summed E-state index contributed by atoms with van der Waals surface area (Å²) in [4.78, 5) is 14.5. The van der Waals surface area contributed by atoms with Gasteiger partial charge in [-0.25, -0.2) is 4.39 Å². The van der Waals surface area contributed by atoms with Crippen LogP contribution < -0.4 is 4.74 Å². The number of piperidine rings is 1. The number of hydrogen-bond acceptors (Lipinski definition) is 3. The number of hydrogen-bond donors (Lipinski definition) is 0. The molecule has 0 saturated carbocycles. The van der Waals surface area contributed by atoms with Crippen molar-refractivity contribution in [2.75, 3.05) is 26.7 Å². The number of ketones is 1. The monoisotopic (exact) mass is 293 g/mol. The van der Waals surface area contributed by atoms with Gasteiger partial charge < -0.3 is 4.74 Å². The smallest absolute Gasteiger partial charge is 0.180 e. The maximum Gasteiger partial charge on any atom is 0.180 e. The van der Waals surface area contributed by atoms with Crippen molar-refractivity contribution in [2.24, 2.45) is 5.92 Å². The van der Waals surface area contributed by atoms with Gasteiger partial charge in [0.1, 0.15) is 11.6 Å². The summed E-state index contributed by atoms with van der Waals surface area (Å²) in [5, 5.41) is 0. The van der Waals surface area contributed by atoms with Crippen LogP contribution in [0.1, 0.15) is 43.0 Å². The summed E-state index contributed by atoms with van der Waals surface area (Å²) >= 11 is 0.